The van der Waals surface area contributed by atoms with Crippen LogP contribution in [0.15, 0.2) is 47.6 Å². The summed E-state index contributed by atoms with van der Waals surface area (Å²) in [5, 5.41) is 34.0. The smallest absolute Gasteiger partial charge is 0.338 e. The summed E-state index contributed by atoms with van der Waals surface area (Å²) >= 11 is 0. The van der Waals surface area contributed by atoms with E-state index in [4.69, 9.17) is 4.74 Å². The number of allylic oxidation sites excluding steroid dienone is 1. The zero-order valence-electron chi connectivity index (χ0n) is 20.2. The molecule has 3 N–H and O–H groups in total. The summed E-state index contributed by atoms with van der Waals surface area (Å²) in [5.41, 5.74) is -3.58. The van der Waals surface area contributed by atoms with Gasteiger partial charge in [0.05, 0.1) is 17.6 Å². The van der Waals surface area contributed by atoms with Gasteiger partial charge in [0.2, 0.25) is 0 Å². The maximum atomic E-state index is 14.3. The lowest BCUT2D eigenvalue weighted by Gasteiger charge is -2.48. The SMILES string of the molecule is CC1=C[C@]23C(=O)[C@@H](C=C(CO)[C@@H](O)[C@]2(O)[C@H]1OC(=O)c1ccc(F)cc1)C(C)(C)[C@@H](C)C[C@H]3C. The van der Waals surface area contributed by atoms with E-state index in [1.807, 2.05) is 20.8 Å². The van der Waals surface area contributed by atoms with Crippen molar-refractivity contribution in [1.82, 2.24) is 0 Å². The number of aliphatic hydroxyl groups excluding tert-OH is 2. The molecule has 1 spiro atoms. The molecule has 0 aromatic heterocycles. The molecule has 0 aliphatic heterocycles. The van der Waals surface area contributed by atoms with Crippen molar-refractivity contribution in [3.8, 4) is 0 Å². The maximum Gasteiger partial charge on any atom is 0.338 e. The molecule has 7 atom stereocenters. The molecule has 1 aromatic carbocycles. The number of hydrogen-bond acceptors (Lipinski definition) is 6. The highest BCUT2D eigenvalue weighted by Crippen LogP contribution is 2.62. The Balaban J connectivity index is 1.89. The number of hydrogen-bond donors (Lipinski definition) is 3. The van der Waals surface area contributed by atoms with Gasteiger partial charge in [0.1, 0.15) is 11.9 Å². The lowest BCUT2D eigenvalue weighted by molar-refractivity contribution is -0.190. The summed E-state index contributed by atoms with van der Waals surface area (Å²) in [6.45, 7) is 9.03. The third-order valence-electron chi connectivity index (χ3n) is 8.81. The minimum absolute atomic E-state index is 0.0765. The van der Waals surface area contributed by atoms with Crippen molar-refractivity contribution in [1.29, 1.82) is 0 Å². The van der Waals surface area contributed by atoms with E-state index in [-0.39, 0.29) is 28.8 Å². The summed E-state index contributed by atoms with van der Waals surface area (Å²) in [5.74, 6) is -2.51. The van der Waals surface area contributed by atoms with Crippen molar-refractivity contribution in [2.24, 2.45) is 28.6 Å². The molecule has 0 saturated heterocycles. The lowest BCUT2D eigenvalue weighted by Crippen LogP contribution is -2.65. The fourth-order valence-corrected chi connectivity index (χ4v) is 6.42. The molecule has 3 aliphatic rings. The molecule has 0 heterocycles. The van der Waals surface area contributed by atoms with Crippen molar-refractivity contribution in [2.75, 3.05) is 6.61 Å². The normalized spacial score (nSPS) is 38.9. The molecule has 4 rings (SSSR count). The Bertz CT molecular complexity index is 1070. The molecule has 0 amide bonds. The standard InChI is InChI=1S/C27H33FO6/c1-14-12-26-16(3)10-15(2)25(4,5)20(22(26)31)11-18(13-29)21(30)27(26,33)23(14)34-24(32)17-6-8-19(28)9-7-17/h6-9,11-12,15-16,20-21,23,29-30,33H,10,13H2,1-5H3/t15-,16+,20+,21+,23-,26-,27-/m0/s1. The molecule has 1 aromatic rings. The van der Waals surface area contributed by atoms with Gasteiger partial charge in [-0.15, -0.1) is 0 Å². The molecule has 6 nitrogen and oxygen atoms in total. The Labute approximate surface area is 199 Å². The zero-order chi connectivity index (χ0) is 25.2. The summed E-state index contributed by atoms with van der Waals surface area (Å²) < 4.78 is 19.1. The van der Waals surface area contributed by atoms with Crippen LogP contribution in [-0.2, 0) is 9.53 Å². The average Bonchev–Trinajstić information content (AvgIpc) is 2.95. The minimum Gasteiger partial charge on any atom is -0.451 e. The highest BCUT2D eigenvalue weighted by molar-refractivity contribution is 5.96. The van der Waals surface area contributed by atoms with Crippen LogP contribution in [0.3, 0.4) is 0 Å². The monoisotopic (exact) mass is 472 g/mol. The number of benzene rings is 1. The van der Waals surface area contributed by atoms with E-state index in [1.54, 1.807) is 19.1 Å². The Morgan fingerprint density at radius 2 is 1.79 bits per heavy atom. The predicted octanol–water partition coefficient (Wildman–Crippen LogP) is 3.21. The van der Waals surface area contributed by atoms with E-state index < -0.39 is 53.0 Å². The van der Waals surface area contributed by atoms with Crippen LogP contribution in [0.5, 0.6) is 0 Å². The molecular weight excluding hydrogens is 439 g/mol. The number of aliphatic hydroxyl groups is 3. The molecule has 0 radical (unpaired) electrons. The van der Waals surface area contributed by atoms with E-state index in [2.05, 4.69) is 6.92 Å². The van der Waals surface area contributed by atoms with Gasteiger partial charge in [-0.05, 0) is 66.0 Å². The highest BCUT2D eigenvalue weighted by Gasteiger charge is 2.73. The molecule has 1 fully saturated rings. The van der Waals surface area contributed by atoms with Crippen molar-refractivity contribution in [3.63, 3.8) is 0 Å². The Morgan fingerprint density at radius 3 is 2.38 bits per heavy atom. The average molecular weight is 473 g/mol. The first kappa shape index (κ1) is 24.8. The first-order valence-electron chi connectivity index (χ1n) is 11.7. The van der Waals surface area contributed by atoms with Crippen molar-refractivity contribution >= 4 is 11.8 Å². The minimum atomic E-state index is -2.22. The van der Waals surface area contributed by atoms with E-state index in [1.165, 1.54) is 12.1 Å². The van der Waals surface area contributed by atoms with Crippen LogP contribution in [0.4, 0.5) is 4.39 Å². The third-order valence-corrected chi connectivity index (χ3v) is 8.81. The fraction of sp³-hybridized carbons (Fsp3) is 0.556. The van der Waals surface area contributed by atoms with Crippen molar-refractivity contribution in [2.45, 2.75) is 58.8 Å². The fourth-order valence-electron chi connectivity index (χ4n) is 6.42. The number of carbonyl (C=O) groups excluding carboxylic acids is 2. The van der Waals surface area contributed by atoms with Crippen LogP contribution in [0.1, 0.15) is 51.4 Å². The summed E-state index contributed by atoms with van der Waals surface area (Å²) in [7, 11) is 0. The first-order chi connectivity index (χ1) is 15.8. The van der Waals surface area contributed by atoms with Crippen LogP contribution < -0.4 is 0 Å². The van der Waals surface area contributed by atoms with Crippen LogP contribution in [0.2, 0.25) is 0 Å². The lowest BCUT2D eigenvalue weighted by atomic mass is 9.59. The number of ether oxygens (including phenoxy) is 1. The number of carbonyl (C=O) groups is 2. The van der Waals surface area contributed by atoms with Gasteiger partial charge in [-0.2, -0.15) is 0 Å². The largest absolute Gasteiger partial charge is 0.451 e. The van der Waals surface area contributed by atoms with Gasteiger partial charge in [-0.25, -0.2) is 9.18 Å². The van der Waals surface area contributed by atoms with Gasteiger partial charge in [0.15, 0.2) is 17.5 Å². The van der Waals surface area contributed by atoms with E-state index >= 15 is 0 Å². The van der Waals surface area contributed by atoms with Crippen molar-refractivity contribution in [3.05, 3.63) is 58.9 Å². The summed E-state index contributed by atoms with van der Waals surface area (Å²) in [6.07, 6.45) is 0.895. The topological polar surface area (TPSA) is 104 Å². The third kappa shape index (κ3) is 3.17. The van der Waals surface area contributed by atoms with Crippen LogP contribution in [0.25, 0.3) is 0 Å². The Hall–Kier alpha value is -2.35. The first-order valence-corrected chi connectivity index (χ1v) is 11.7. The van der Waals surface area contributed by atoms with Crippen LogP contribution >= 0.6 is 0 Å². The maximum absolute atomic E-state index is 14.3. The molecule has 184 valence electrons. The van der Waals surface area contributed by atoms with Gasteiger partial charge >= 0.3 is 5.97 Å². The Kier molecular flexibility index (Phi) is 5.91. The molecule has 3 aliphatic carbocycles. The van der Waals surface area contributed by atoms with Gasteiger partial charge in [0, 0.05) is 5.92 Å². The Morgan fingerprint density at radius 1 is 1.18 bits per heavy atom. The molecular formula is C27H33FO6. The number of Topliss-reactive ketones (excluding diaryl/α,β-unsaturated/α-hetero) is 1. The van der Waals surface area contributed by atoms with Crippen LogP contribution in [0, 0.1) is 34.4 Å². The number of halogens is 1. The quantitative estimate of drug-likeness (QED) is 0.461. The van der Waals surface area contributed by atoms with Crippen molar-refractivity contribution < 1.29 is 34.0 Å². The predicted molar refractivity (Wildman–Crippen MR) is 123 cm³/mol. The molecule has 2 bridgehead atoms. The summed E-state index contributed by atoms with van der Waals surface area (Å²) in [6, 6.07) is 4.80. The number of rotatable bonds is 3. The van der Waals surface area contributed by atoms with E-state index in [9.17, 15) is 29.3 Å². The second-order valence-electron chi connectivity index (χ2n) is 10.9. The second kappa shape index (κ2) is 8.11. The number of fused-ring (bicyclic) bond motifs is 1. The summed E-state index contributed by atoms with van der Waals surface area (Å²) in [4.78, 5) is 27.3. The highest BCUT2D eigenvalue weighted by atomic mass is 19.1. The molecule has 34 heavy (non-hydrogen) atoms. The zero-order valence-corrected chi connectivity index (χ0v) is 20.2. The van der Waals surface area contributed by atoms with E-state index in [0.29, 0.717) is 12.0 Å². The van der Waals surface area contributed by atoms with Gasteiger partial charge < -0.3 is 20.1 Å². The van der Waals surface area contributed by atoms with Gasteiger partial charge in [-0.1, -0.05) is 39.8 Å². The van der Waals surface area contributed by atoms with Crippen LogP contribution in [-0.4, -0.2) is 51.5 Å². The van der Waals surface area contributed by atoms with Gasteiger partial charge in [0.25, 0.3) is 0 Å². The molecule has 1 saturated carbocycles. The van der Waals surface area contributed by atoms with E-state index in [0.717, 1.165) is 12.1 Å². The number of esters is 1. The molecule has 7 heteroatoms. The number of ketones is 1. The second-order valence-corrected chi connectivity index (χ2v) is 10.9. The van der Waals surface area contributed by atoms with Gasteiger partial charge in [-0.3, -0.25) is 4.79 Å². The molecule has 0 unspecified atom stereocenters.